The van der Waals surface area contributed by atoms with Crippen molar-refractivity contribution in [2.24, 2.45) is 0 Å². The van der Waals surface area contributed by atoms with Gasteiger partial charge in [0.1, 0.15) is 0 Å². The fraction of sp³-hybridized carbons (Fsp3) is 0.111. The summed E-state index contributed by atoms with van der Waals surface area (Å²) in [4.78, 5) is 0. The summed E-state index contributed by atoms with van der Waals surface area (Å²) in [7, 11) is 0. The van der Waals surface area contributed by atoms with E-state index in [4.69, 9.17) is 11.6 Å². The highest BCUT2D eigenvalue weighted by Crippen LogP contribution is 2.25. The summed E-state index contributed by atoms with van der Waals surface area (Å²) >= 11 is 5.86. The van der Waals surface area contributed by atoms with Crippen LogP contribution in [-0.4, -0.2) is 5.38 Å². The molecule has 0 saturated carbocycles. The van der Waals surface area contributed by atoms with E-state index in [9.17, 15) is 0 Å². The lowest BCUT2D eigenvalue weighted by molar-refractivity contribution is 1.31. The Hall–Kier alpha value is -0.750. The average Bonchev–Trinajstić information content (AvgIpc) is 2.33. The topological polar surface area (TPSA) is 0 Å². The molecule has 0 nitrogen and oxygen atoms in total. The summed E-state index contributed by atoms with van der Waals surface area (Å²) in [6, 6.07) is 0. The van der Waals surface area contributed by atoms with E-state index in [-0.39, 0.29) is 5.38 Å². The molecule has 0 radical (unpaired) electrons. The van der Waals surface area contributed by atoms with Gasteiger partial charge in [-0.25, -0.2) is 0 Å². The predicted octanol–water partition coefficient (Wildman–Crippen LogP) is 2.59. The molecule has 2 aliphatic carbocycles. The molecular weight excluding hydrogens is 144 g/mol. The first-order valence-electron chi connectivity index (χ1n) is 3.29. The Morgan fingerprint density at radius 3 is 3.00 bits per heavy atom. The largest absolute Gasteiger partial charge is 0.114 e. The number of fused-ring (bicyclic) bond motifs is 1. The normalized spacial score (nSPS) is 27.9. The second-order valence-electron chi connectivity index (χ2n) is 2.41. The Morgan fingerprint density at radius 1 is 1.20 bits per heavy atom. The van der Waals surface area contributed by atoms with Gasteiger partial charge in [0, 0.05) is 0 Å². The molecule has 0 bridgehead atoms. The zero-order valence-corrected chi connectivity index (χ0v) is 6.18. The van der Waals surface area contributed by atoms with Gasteiger partial charge in [0.15, 0.2) is 0 Å². The Kier molecular flexibility index (Phi) is 1.28. The van der Waals surface area contributed by atoms with Crippen LogP contribution >= 0.6 is 11.6 Å². The molecule has 50 valence electrons. The van der Waals surface area contributed by atoms with Crippen molar-refractivity contribution < 1.29 is 0 Å². The summed E-state index contributed by atoms with van der Waals surface area (Å²) in [6.45, 7) is 0. The number of allylic oxidation sites excluding steroid dienone is 8. The molecule has 0 aromatic carbocycles. The van der Waals surface area contributed by atoms with Crippen molar-refractivity contribution in [1.29, 1.82) is 0 Å². The van der Waals surface area contributed by atoms with Gasteiger partial charge in [-0.05, 0) is 11.1 Å². The summed E-state index contributed by atoms with van der Waals surface area (Å²) in [5.74, 6) is 0. The van der Waals surface area contributed by atoms with E-state index >= 15 is 0 Å². The number of hydrogen-bond acceptors (Lipinski definition) is 0. The van der Waals surface area contributed by atoms with Crippen LogP contribution in [-0.2, 0) is 0 Å². The second kappa shape index (κ2) is 2.14. The SMILES string of the molecule is ClC1C=CC2=CC=CC2=C1. The minimum atomic E-state index is 0.0786. The zero-order chi connectivity index (χ0) is 6.97. The first-order chi connectivity index (χ1) is 4.86. The molecule has 0 heterocycles. The molecule has 2 rings (SSSR count). The molecule has 0 N–H and O–H groups in total. The number of alkyl halides is 1. The smallest absolute Gasteiger partial charge is 0.0709 e. The summed E-state index contributed by atoms with van der Waals surface area (Å²) in [5.41, 5.74) is 2.53. The van der Waals surface area contributed by atoms with Gasteiger partial charge < -0.3 is 0 Å². The molecule has 2 aliphatic rings. The molecule has 1 unspecified atom stereocenters. The highest BCUT2D eigenvalue weighted by molar-refractivity contribution is 6.23. The van der Waals surface area contributed by atoms with Gasteiger partial charge in [-0.15, -0.1) is 11.6 Å². The van der Waals surface area contributed by atoms with Crippen LogP contribution in [0, 0.1) is 0 Å². The van der Waals surface area contributed by atoms with E-state index in [0.717, 1.165) is 0 Å². The molecule has 0 fully saturated rings. The van der Waals surface area contributed by atoms with E-state index in [1.165, 1.54) is 11.1 Å². The van der Waals surface area contributed by atoms with Crippen molar-refractivity contribution in [2.75, 3.05) is 0 Å². The third-order valence-corrected chi connectivity index (χ3v) is 1.95. The number of halogens is 1. The van der Waals surface area contributed by atoms with E-state index in [1.54, 1.807) is 0 Å². The number of hydrogen-bond donors (Lipinski definition) is 0. The van der Waals surface area contributed by atoms with Crippen LogP contribution in [0.4, 0.5) is 0 Å². The third-order valence-electron chi connectivity index (χ3n) is 1.68. The molecule has 0 aromatic rings. The number of rotatable bonds is 0. The lowest BCUT2D eigenvalue weighted by atomic mass is 10.0. The van der Waals surface area contributed by atoms with Crippen LogP contribution in [0.3, 0.4) is 0 Å². The van der Waals surface area contributed by atoms with Gasteiger partial charge in [-0.3, -0.25) is 0 Å². The van der Waals surface area contributed by atoms with Crippen molar-refractivity contribution in [3.8, 4) is 0 Å². The molecular formula is C9H7Cl. The zero-order valence-electron chi connectivity index (χ0n) is 5.42. The van der Waals surface area contributed by atoms with Crippen LogP contribution in [0.5, 0.6) is 0 Å². The Balaban J connectivity index is 2.41. The standard InChI is InChI=1S/C9H7Cl/c10-9-5-4-7-2-1-3-8(7)6-9/h1-6,9H. The Bertz CT molecular complexity index is 266. The monoisotopic (exact) mass is 150 g/mol. The van der Waals surface area contributed by atoms with Gasteiger partial charge in [-0.1, -0.05) is 36.5 Å². The van der Waals surface area contributed by atoms with Gasteiger partial charge in [-0.2, -0.15) is 0 Å². The van der Waals surface area contributed by atoms with Crippen LogP contribution in [0.25, 0.3) is 0 Å². The first-order valence-corrected chi connectivity index (χ1v) is 3.73. The van der Waals surface area contributed by atoms with Crippen LogP contribution < -0.4 is 0 Å². The van der Waals surface area contributed by atoms with E-state index < -0.39 is 0 Å². The van der Waals surface area contributed by atoms with Crippen molar-refractivity contribution in [2.45, 2.75) is 5.38 Å². The van der Waals surface area contributed by atoms with Gasteiger partial charge in [0.2, 0.25) is 0 Å². The maximum Gasteiger partial charge on any atom is 0.0709 e. The summed E-state index contributed by atoms with van der Waals surface area (Å²) < 4.78 is 0. The third kappa shape index (κ3) is 0.850. The van der Waals surface area contributed by atoms with Crippen LogP contribution in [0.15, 0.2) is 47.6 Å². The molecule has 0 saturated heterocycles. The predicted molar refractivity (Wildman–Crippen MR) is 44.1 cm³/mol. The van der Waals surface area contributed by atoms with Gasteiger partial charge in [0.05, 0.1) is 5.38 Å². The molecule has 1 heteroatoms. The maximum absolute atomic E-state index is 5.86. The average molecular weight is 151 g/mol. The fourth-order valence-electron chi connectivity index (χ4n) is 1.17. The van der Waals surface area contributed by atoms with Crippen molar-refractivity contribution in [3.63, 3.8) is 0 Å². The van der Waals surface area contributed by atoms with E-state index in [1.807, 2.05) is 12.2 Å². The van der Waals surface area contributed by atoms with Gasteiger partial charge in [0.25, 0.3) is 0 Å². The first kappa shape index (κ1) is 5.99. The lowest BCUT2D eigenvalue weighted by Crippen LogP contribution is -1.95. The molecule has 0 aliphatic heterocycles. The molecule has 10 heavy (non-hydrogen) atoms. The van der Waals surface area contributed by atoms with Crippen LogP contribution in [0.1, 0.15) is 0 Å². The summed E-state index contributed by atoms with van der Waals surface area (Å²) in [6.07, 6.45) is 12.3. The summed E-state index contributed by atoms with van der Waals surface area (Å²) in [5, 5.41) is 0.0786. The fourth-order valence-corrected chi connectivity index (χ4v) is 1.38. The van der Waals surface area contributed by atoms with Crippen molar-refractivity contribution >= 4 is 11.6 Å². The molecule has 1 atom stereocenters. The Labute approximate surface area is 65.2 Å². The quantitative estimate of drug-likeness (QED) is 0.466. The second-order valence-corrected chi connectivity index (χ2v) is 2.91. The molecule has 0 amide bonds. The lowest BCUT2D eigenvalue weighted by Gasteiger charge is -2.07. The van der Waals surface area contributed by atoms with Crippen LogP contribution in [0.2, 0.25) is 0 Å². The van der Waals surface area contributed by atoms with Crippen molar-refractivity contribution in [3.05, 3.63) is 47.6 Å². The Morgan fingerprint density at radius 2 is 2.10 bits per heavy atom. The minimum Gasteiger partial charge on any atom is -0.114 e. The van der Waals surface area contributed by atoms with Gasteiger partial charge >= 0.3 is 0 Å². The van der Waals surface area contributed by atoms with E-state index in [0.29, 0.717) is 0 Å². The van der Waals surface area contributed by atoms with Crippen molar-refractivity contribution in [1.82, 2.24) is 0 Å². The van der Waals surface area contributed by atoms with E-state index in [2.05, 4.69) is 24.3 Å². The molecule has 0 aromatic heterocycles. The molecule has 0 spiro atoms. The maximum atomic E-state index is 5.86. The highest BCUT2D eigenvalue weighted by Gasteiger charge is 2.09. The minimum absolute atomic E-state index is 0.0786. The highest BCUT2D eigenvalue weighted by atomic mass is 35.5.